The zero-order chi connectivity index (χ0) is 18.5. The first-order valence-corrected chi connectivity index (χ1v) is 8.80. The number of nitrogens with one attached hydrogen (secondary N) is 1. The number of nitrogens with zero attached hydrogens (tertiary/aromatic N) is 1. The molecule has 0 radical (unpaired) electrons. The van der Waals surface area contributed by atoms with Gasteiger partial charge in [0.2, 0.25) is 0 Å². The zero-order valence-electron chi connectivity index (χ0n) is 15.7. The molecule has 5 nitrogen and oxygen atoms in total. The average molecular weight is 354 g/mol. The van der Waals surface area contributed by atoms with Crippen LogP contribution in [0.25, 0.3) is 0 Å². The lowest BCUT2D eigenvalue weighted by molar-refractivity contribution is 0.205. The van der Waals surface area contributed by atoms with Gasteiger partial charge in [-0.3, -0.25) is 0 Å². The number of hydrogen-bond donors (Lipinski definition) is 1. The van der Waals surface area contributed by atoms with Crippen LogP contribution in [-0.2, 0) is 4.84 Å². The first kappa shape index (κ1) is 18.3. The maximum Gasteiger partial charge on any atom is 0.118 e. The van der Waals surface area contributed by atoms with E-state index in [0.29, 0.717) is 0 Å². The largest absolute Gasteiger partial charge is 0.497 e. The third kappa shape index (κ3) is 3.83. The fourth-order valence-corrected chi connectivity index (χ4v) is 3.49. The van der Waals surface area contributed by atoms with E-state index in [0.717, 1.165) is 23.6 Å². The summed E-state index contributed by atoms with van der Waals surface area (Å²) >= 11 is 0. The second-order valence-electron chi connectivity index (χ2n) is 6.50. The molecule has 3 atom stereocenters. The Hall–Kier alpha value is -2.53. The number of piperidine rings is 1. The lowest BCUT2D eigenvalue weighted by Crippen LogP contribution is -2.41. The van der Waals surface area contributed by atoms with Crippen molar-refractivity contribution in [1.29, 1.82) is 0 Å². The Morgan fingerprint density at radius 1 is 0.846 bits per heavy atom. The van der Waals surface area contributed by atoms with Crippen molar-refractivity contribution in [3.8, 4) is 11.5 Å². The second kappa shape index (κ2) is 8.23. The molecule has 0 spiro atoms. The highest BCUT2D eigenvalue weighted by molar-refractivity contribution is 5.88. The van der Waals surface area contributed by atoms with E-state index < -0.39 is 0 Å². The van der Waals surface area contributed by atoms with Crippen LogP contribution >= 0.6 is 0 Å². The molecule has 2 aromatic rings. The lowest BCUT2D eigenvalue weighted by atomic mass is 9.81. The van der Waals surface area contributed by atoms with Gasteiger partial charge in [0.1, 0.15) is 18.6 Å². The highest BCUT2D eigenvalue weighted by atomic mass is 16.6. The molecule has 3 rings (SSSR count). The van der Waals surface area contributed by atoms with Gasteiger partial charge in [0.05, 0.1) is 19.9 Å². The predicted octanol–water partition coefficient (Wildman–Crippen LogP) is 4.12. The van der Waals surface area contributed by atoms with E-state index in [4.69, 9.17) is 14.3 Å². The molecule has 0 unspecified atom stereocenters. The molecular weight excluding hydrogens is 328 g/mol. The minimum atomic E-state index is 0.149. The molecule has 0 aliphatic carbocycles. The molecule has 1 aliphatic rings. The number of methoxy groups -OCH3 is 2. The van der Waals surface area contributed by atoms with Gasteiger partial charge < -0.3 is 19.6 Å². The van der Waals surface area contributed by atoms with Crippen molar-refractivity contribution in [2.24, 2.45) is 11.1 Å². The number of ether oxygens (including phenoxy) is 2. The average Bonchev–Trinajstić information content (AvgIpc) is 2.70. The quantitative estimate of drug-likeness (QED) is 0.821. The fraction of sp³-hybridized carbons (Fsp3) is 0.381. The topological polar surface area (TPSA) is 52.1 Å². The first-order valence-electron chi connectivity index (χ1n) is 8.80. The van der Waals surface area contributed by atoms with E-state index in [-0.39, 0.29) is 18.0 Å². The van der Waals surface area contributed by atoms with Crippen molar-refractivity contribution in [2.75, 3.05) is 21.3 Å². The predicted molar refractivity (Wildman–Crippen MR) is 103 cm³/mol. The Morgan fingerprint density at radius 3 is 1.88 bits per heavy atom. The fourth-order valence-electron chi connectivity index (χ4n) is 3.49. The molecule has 1 fully saturated rings. The molecule has 1 saturated heterocycles. The molecule has 2 aromatic carbocycles. The summed E-state index contributed by atoms with van der Waals surface area (Å²) in [5.74, 6) is 1.95. The monoisotopic (exact) mass is 354 g/mol. The summed E-state index contributed by atoms with van der Waals surface area (Å²) in [5, 5.41) is 8.09. The van der Waals surface area contributed by atoms with Crippen LogP contribution in [0.1, 0.15) is 36.6 Å². The Balaban J connectivity index is 1.90. The Morgan fingerprint density at radius 2 is 1.38 bits per heavy atom. The molecule has 26 heavy (non-hydrogen) atoms. The minimum Gasteiger partial charge on any atom is -0.497 e. The van der Waals surface area contributed by atoms with Crippen molar-refractivity contribution in [3.63, 3.8) is 0 Å². The van der Waals surface area contributed by atoms with Crippen LogP contribution in [-0.4, -0.2) is 27.0 Å². The van der Waals surface area contributed by atoms with Crippen LogP contribution in [0.4, 0.5) is 0 Å². The Bertz CT molecular complexity index is 741. The van der Waals surface area contributed by atoms with Crippen LogP contribution in [0.15, 0.2) is 53.7 Å². The van der Waals surface area contributed by atoms with Gasteiger partial charge in [-0.1, -0.05) is 36.3 Å². The normalized spacial score (nSPS) is 24.3. The van der Waals surface area contributed by atoms with Gasteiger partial charge in [-0.05, 0) is 35.4 Å². The van der Waals surface area contributed by atoms with E-state index in [9.17, 15) is 0 Å². The molecule has 1 heterocycles. The molecule has 0 aromatic heterocycles. The molecular formula is C21H26N2O3. The summed E-state index contributed by atoms with van der Waals surface area (Å²) in [5.41, 5.74) is 3.48. The van der Waals surface area contributed by atoms with E-state index in [2.05, 4.69) is 41.7 Å². The number of oxime groups is 1. The van der Waals surface area contributed by atoms with Gasteiger partial charge >= 0.3 is 0 Å². The van der Waals surface area contributed by atoms with Crippen LogP contribution in [0.3, 0.4) is 0 Å². The van der Waals surface area contributed by atoms with Crippen LogP contribution in [0.5, 0.6) is 11.5 Å². The Labute approximate surface area is 155 Å². The van der Waals surface area contributed by atoms with Crippen molar-refractivity contribution in [1.82, 2.24) is 5.32 Å². The van der Waals surface area contributed by atoms with Crippen LogP contribution in [0, 0.1) is 5.92 Å². The molecule has 0 bridgehead atoms. The van der Waals surface area contributed by atoms with Crippen LogP contribution < -0.4 is 14.8 Å². The van der Waals surface area contributed by atoms with Gasteiger partial charge in [-0.2, -0.15) is 0 Å². The summed E-state index contributed by atoms with van der Waals surface area (Å²) in [4.78, 5) is 5.11. The van der Waals surface area contributed by atoms with Gasteiger partial charge in [0.25, 0.3) is 0 Å². The minimum absolute atomic E-state index is 0.149. The highest BCUT2D eigenvalue weighted by Crippen LogP contribution is 2.36. The molecule has 1 aliphatic heterocycles. The van der Waals surface area contributed by atoms with Gasteiger partial charge in [-0.25, -0.2) is 0 Å². The zero-order valence-corrected chi connectivity index (χ0v) is 15.7. The van der Waals surface area contributed by atoms with E-state index in [1.165, 1.54) is 11.1 Å². The number of hydrogen-bond acceptors (Lipinski definition) is 5. The van der Waals surface area contributed by atoms with Crippen molar-refractivity contribution < 1.29 is 14.3 Å². The summed E-state index contributed by atoms with van der Waals surface area (Å²) < 4.78 is 10.5. The maximum absolute atomic E-state index is 5.28. The molecule has 5 heteroatoms. The van der Waals surface area contributed by atoms with Gasteiger partial charge in [0.15, 0.2) is 0 Å². The van der Waals surface area contributed by atoms with Crippen LogP contribution in [0.2, 0.25) is 0 Å². The smallest absolute Gasteiger partial charge is 0.118 e. The first-order chi connectivity index (χ1) is 12.7. The van der Waals surface area contributed by atoms with E-state index >= 15 is 0 Å². The lowest BCUT2D eigenvalue weighted by Gasteiger charge is -2.37. The highest BCUT2D eigenvalue weighted by Gasteiger charge is 2.34. The standard InChI is InChI=1S/C21H26N2O3/c1-14-19(23-26-4)13-20(15-5-9-17(24-2)10-6-15)22-21(14)16-7-11-18(25-3)12-8-16/h5-12,14,20-22H,13H2,1-4H3/b23-19+/t14-,20+,21-/m1/s1. The Kier molecular flexibility index (Phi) is 5.78. The maximum atomic E-state index is 5.28. The third-order valence-corrected chi connectivity index (χ3v) is 5.02. The second-order valence-corrected chi connectivity index (χ2v) is 6.50. The molecule has 138 valence electrons. The molecule has 0 saturated carbocycles. The van der Waals surface area contributed by atoms with Gasteiger partial charge in [-0.15, -0.1) is 0 Å². The SMILES string of the molecule is CO/N=C1\C[C@@H](c2ccc(OC)cc2)N[C@@H](c2ccc(OC)cc2)[C@@H]1C. The van der Waals surface area contributed by atoms with E-state index in [1.807, 2.05) is 24.3 Å². The third-order valence-electron chi connectivity index (χ3n) is 5.02. The number of rotatable bonds is 5. The summed E-state index contributed by atoms with van der Waals surface area (Å²) in [6, 6.07) is 16.7. The summed E-state index contributed by atoms with van der Waals surface area (Å²) in [6.07, 6.45) is 0.813. The summed E-state index contributed by atoms with van der Waals surface area (Å²) in [7, 11) is 4.96. The molecule has 1 N–H and O–H groups in total. The number of benzene rings is 2. The summed E-state index contributed by atoms with van der Waals surface area (Å²) in [6.45, 7) is 2.18. The van der Waals surface area contributed by atoms with E-state index in [1.54, 1.807) is 21.3 Å². The molecule has 0 amide bonds. The van der Waals surface area contributed by atoms with Gasteiger partial charge in [0, 0.05) is 24.4 Å². The van der Waals surface area contributed by atoms with Crippen molar-refractivity contribution >= 4 is 5.71 Å². The van der Waals surface area contributed by atoms with Crippen molar-refractivity contribution in [3.05, 3.63) is 59.7 Å². The van der Waals surface area contributed by atoms with Crippen molar-refractivity contribution in [2.45, 2.75) is 25.4 Å².